The van der Waals surface area contributed by atoms with Gasteiger partial charge in [-0.2, -0.15) is 0 Å². The lowest BCUT2D eigenvalue weighted by atomic mass is 9.66. The Morgan fingerprint density at radius 1 is 1.12 bits per heavy atom. The van der Waals surface area contributed by atoms with E-state index in [0.717, 1.165) is 25.7 Å². The van der Waals surface area contributed by atoms with E-state index < -0.39 is 35.1 Å². The summed E-state index contributed by atoms with van der Waals surface area (Å²) < 4.78 is 6.58. The number of aliphatic hydroxyl groups excluding tert-OH is 1. The first-order valence-corrected chi connectivity index (χ1v) is 12.9. The van der Waals surface area contributed by atoms with Crippen LogP contribution in [0.5, 0.6) is 0 Å². The van der Waals surface area contributed by atoms with E-state index >= 15 is 0 Å². The summed E-state index contributed by atoms with van der Waals surface area (Å²) in [7, 11) is 0. The number of nitrogens with zero attached hydrogens (tertiary/aromatic N) is 1. The summed E-state index contributed by atoms with van der Waals surface area (Å²) in [5.74, 6) is -1.75. The van der Waals surface area contributed by atoms with Crippen LogP contribution in [0.25, 0.3) is 0 Å². The number of carbonyl (C=O) groups excluding carboxylic acids is 3. The third-order valence-corrected chi connectivity index (χ3v) is 7.72. The molecule has 0 saturated carbocycles. The first kappa shape index (κ1) is 25.9. The highest BCUT2D eigenvalue weighted by Gasteiger charge is 2.78. The molecule has 6 atom stereocenters. The van der Waals surface area contributed by atoms with Gasteiger partial charge in [0, 0.05) is 13.1 Å². The van der Waals surface area contributed by atoms with Gasteiger partial charge in [-0.05, 0) is 44.9 Å². The van der Waals surface area contributed by atoms with Gasteiger partial charge in [0.05, 0.1) is 30.1 Å². The molecule has 3 aliphatic heterocycles. The average Bonchev–Trinajstić information content (AvgIpc) is 3.34. The Labute approximate surface area is 198 Å². The second-order valence-corrected chi connectivity index (χ2v) is 10.7. The first-order chi connectivity index (χ1) is 15.7. The molecule has 3 heterocycles. The molecular formula is C25H43N3O5. The molecule has 33 heavy (non-hydrogen) atoms. The molecule has 0 aliphatic carbocycles. The van der Waals surface area contributed by atoms with Crippen LogP contribution in [-0.4, -0.2) is 70.7 Å². The van der Waals surface area contributed by atoms with Gasteiger partial charge in [-0.1, -0.05) is 40.5 Å². The molecule has 0 aromatic rings. The summed E-state index contributed by atoms with van der Waals surface area (Å²) in [6.07, 6.45) is 5.50. The molecule has 3 N–H and O–H groups in total. The molecular weight excluding hydrogens is 422 g/mol. The number of ether oxygens (including phenoxy) is 1. The van der Waals surface area contributed by atoms with Crippen LogP contribution in [0, 0.1) is 17.8 Å². The van der Waals surface area contributed by atoms with Crippen LogP contribution in [0.1, 0.15) is 79.6 Å². The van der Waals surface area contributed by atoms with E-state index in [2.05, 4.69) is 17.6 Å². The van der Waals surface area contributed by atoms with Crippen LogP contribution in [0.4, 0.5) is 0 Å². The lowest BCUT2D eigenvalue weighted by Crippen LogP contribution is -2.58. The SMILES string of the molecule is CCCCCNC(=O)C1N([C@@H](CO)CC(C)C)C(=O)[C@@H]2[C@H](C(=O)NCCC)[C@]3(C)CCC12O3. The van der Waals surface area contributed by atoms with Crippen molar-refractivity contribution < 1.29 is 24.2 Å². The molecule has 2 bridgehead atoms. The summed E-state index contributed by atoms with van der Waals surface area (Å²) in [5, 5.41) is 16.2. The van der Waals surface area contributed by atoms with Crippen LogP contribution in [0.2, 0.25) is 0 Å². The van der Waals surface area contributed by atoms with E-state index in [1.54, 1.807) is 4.90 Å². The summed E-state index contributed by atoms with van der Waals surface area (Å²) >= 11 is 0. The minimum absolute atomic E-state index is 0.173. The van der Waals surface area contributed by atoms with Crippen LogP contribution in [0.3, 0.4) is 0 Å². The zero-order chi connectivity index (χ0) is 24.4. The molecule has 0 aromatic heterocycles. The van der Waals surface area contributed by atoms with Gasteiger partial charge in [-0.25, -0.2) is 0 Å². The van der Waals surface area contributed by atoms with E-state index in [1.165, 1.54) is 0 Å². The number of aliphatic hydroxyl groups is 1. The predicted octanol–water partition coefficient (Wildman–Crippen LogP) is 1.99. The molecule has 0 aromatic carbocycles. The lowest BCUT2D eigenvalue weighted by molar-refractivity contribution is -0.150. The van der Waals surface area contributed by atoms with E-state index in [1.807, 2.05) is 27.7 Å². The molecule has 3 fully saturated rings. The average molecular weight is 466 g/mol. The van der Waals surface area contributed by atoms with Gasteiger partial charge < -0.3 is 25.4 Å². The Balaban J connectivity index is 1.98. The van der Waals surface area contributed by atoms with Crippen molar-refractivity contribution in [3.8, 4) is 0 Å². The molecule has 8 nitrogen and oxygen atoms in total. The van der Waals surface area contributed by atoms with Gasteiger partial charge in [0.1, 0.15) is 11.6 Å². The normalized spacial score (nSPS) is 33.5. The quantitative estimate of drug-likeness (QED) is 0.382. The zero-order valence-electron chi connectivity index (χ0n) is 21.0. The molecule has 3 rings (SSSR count). The van der Waals surface area contributed by atoms with Gasteiger partial charge >= 0.3 is 0 Å². The van der Waals surface area contributed by atoms with E-state index in [0.29, 0.717) is 32.4 Å². The third kappa shape index (κ3) is 4.53. The van der Waals surface area contributed by atoms with Crippen molar-refractivity contribution in [1.29, 1.82) is 0 Å². The predicted molar refractivity (Wildman–Crippen MR) is 125 cm³/mol. The minimum atomic E-state index is -1.03. The summed E-state index contributed by atoms with van der Waals surface area (Å²) in [6, 6.07) is -1.32. The maximum absolute atomic E-state index is 14.0. The van der Waals surface area contributed by atoms with Gasteiger partial charge in [0.25, 0.3) is 0 Å². The van der Waals surface area contributed by atoms with E-state index in [9.17, 15) is 19.5 Å². The highest BCUT2D eigenvalue weighted by atomic mass is 16.5. The van der Waals surface area contributed by atoms with Gasteiger partial charge in [0.2, 0.25) is 17.7 Å². The maximum Gasteiger partial charge on any atom is 0.245 e. The first-order valence-electron chi connectivity index (χ1n) is 12.9. The second-order valence-electron chi connectivity index (χ2n) is 10.7. The van der Waals surface area contributed by atoms with Crippen LogP contribution < -0.4 is 10.6 Å². The number of amides is 3. The topological polar surface area (TPSA) is 108 Å². The smallest absolute Gasteiger partial charge is 0.245 e. The number of rotatable bonds is 12. The Morgan fingerprint density at radius 2 is 1.82 bits per heavy atom. The lowest BCUT2D eigenvalue weighted by Gasteiger charge is -2.37. The molecule has 3 saturated heterocycles. The molecule has 3 amide bonds. The van der Waals surface area contributed by atoms with Crippen molar-refractivity contribution in [2.24, 2.45) is 17.8 Å². The van der Waals surface area contributed by atoms with E-state index in [-0.39, 0.29) is 30.2 Å². The summed E-state index contributed by atoms with van der Waals surface area (Å²) in [5.41, 5.74) is -1.79. The van der Waals surface area contributed by atoms with Crippen molar-refractivity contribution in [2.75, 3.05) is 19.7 Å². The molecule has 1 spiro atoms. The molecule has 0 radical (unpaired) electrons. The molecule has 8 heteroatoms. The molecule has 188 valence electrons. The largest absolute Gasteiger partial charge is 0.394 e. The fourth-order valence-corrected chi connectivity index (χ4v) is 6.32. The zero-order valence-corrected chi connectivity index (χ0v) is 21.0. The standard InChI is InChI=1S/C25H43N3O5/c1-6-8-9-13-27-22(31)20-25-11-10-24(5,33-25)18(21(30)26-12-7-2)19(25)23(32)28(20)17(15-29)14-16(3)4/h16-20,29H,6-15H2,1-5H3,(H,26,30)(H,27,31)/t17-,18-,19+,20?,24+,25?/m1/s1. The fourth-order valence-electron chi connectivity index (χ4n) is 6.32. The third-order valence-electron chi connectivity index (χ3n) is 7.72. The highest BCUT2D eigenvalue weighted by Crippen LogP contribution is 2.63. The molecule has 2 unspecified atom stereocenters. The number of unbranched alkanes of at least 4 members (excludes halogenated alkanes) is 2. The second kappa shape index (κ2) is 10.3. The minimum Gasteiger partial charge on any atom is -0.394 e. The van der Waals surface area contributed by atoms with Gasteiger partial charge in [0.15, 0.2) is 0 Å². The Bertz CT molecular complexity index is 744. The van der Waals surface area contributed by atoms with E-state index in [4.69, 9.17) is 4.74 Å². The Morgan fingerprint density at radius 3 is 2.42 bits per heavy atom. The highest BCUT2D eigenvalue weighted by molar-refractivity contribution is 5.99. The number of fused-ring (bicyclic) bond motifs is 1. The van der Waals surface area contributed by atoms with Gasteiger partial charge in [-0.15, -0.1) is 0 Å². The van der Waals surface area contributed by atoms with Crippen molar-refractivity contribution in [2.45, 2.75) is 103 Å². The molecule has 3 aliphatic rings. The Hall–Kier alpha value is -1.67. The number of likely N-dealkylation sites (tertiary alicyclic amines) is 1. The van der Waals surface area contributed by atoms with Crippen molar-refractivity contribution >= 4 is 17.7 Å². The van der Waals surface area contributed by atoms with Crippen molar-refractivity contribution in [3.05, 3.63) is 0 Å². The number of carbonyl (C=O) groups is 3. The monoisotopic (exact) mass is 465 g/mol. The summed E-state index contributed by atoms with van der Waals surface area (Å²) in [6.45, 7) is 10.9. The fraction of sp³-hybridized carbons (Fsp3) is 0.880. The number of hydrogen-bond donors (Lipinski definition) is 3. The number of nitrogens with one attached hydrogen (secondary N) is 2. The Kier molecular flexibility index (Phi) is 8.10. The number of hydrogen-bond acceptors (Lipinski definition) is 5. The van der Waals surface area contributed by atoms with Crippen LogP contribution in [0.15, 0.2) is 0 Å². The van der Waals surface area contributed by atoms with Crippen molar-refractivity contribution in [1.82, 2.24) is 15.5 Å². The van der Waals surface area contributed by atoms with Crippen LogP contribution >= 0.6 is 0 Å². The summed E-state index contributed by atoms with van der Waals surface area (Å²) in [4.78, 5) is 42.3. The van der Waals surface area contributed by atoms with Crippen molar-refractivity contribution in [3.63, 3.8) is 0 Å². The van der Waals surface area contributed by atoms with Crippen LogP contribution in [-0.2, 0) is 19.1 Å². The maximum atomic E-state index is 14.0. The van der Waals surface area contributed by atoms with Gasteiger partial charge in [-0.3, -0.25) is 14.4 Å².